The van der Waals surface area contributed by atoms with Crippen LogP contribution in [0.2, 0.25) is 0 Å². The molecule has 0 unspecified atom stereocenters. The monoisotopic (exact) mass is 598 g/mol. The molecule has 2 heterocycles. The molecule has 0 aromatic rings. The summed E-state index contributed by atoms with van der Waals surface area (Å²) in [4.78, 5) is 71.1. The van der Waals surface area contributed by atoms with Crippen LogP contribution >= 0.6 is 0 Å². The molecule has 9 atom stereocenters. The molecule has 3 rings (SSSR count). The van der Waals surface area contributed by atoms with Gasteiger partial charge in [0.05, 0.1) is 12.2 Å². The summed E-state index contributed by atoms with van der Waals surface area (Å²) in [6.07, 6.45) is -4.37. The number of hydrogen-bond acceptors (Lipinski definition) is 15. The molecule has 0 aromatic heterocycles. The molecule has 3 aliphatic rings. The van der Waals surface area contributed by atoms with Crippen LogP contribution in [0, 0.1) is 11.8 Å². The molecule has 42 heavy (non-hydrogen) atoms. The van der Waals surface area contributed by atoms with E-state index in [-0.39, 0.29) is 6.61 Å². The first kappa shape index (κ1) is 32.5. The van der Waals surface area contributed by atoms with Crippen LogP contribution in [0.5, 0.6) is 0 Å². The highest BCUT2D eigenvalue weighted by Gasteiger charge is 2.55. The van der Waals surface area contributed by atoms with Crippen LogP contribution < -0.4 is 0 Å². The lowest BCUT2D eigenvalue weighted by molar-refractivity contribution is -0.342. The lowest BCUT2D eigenvalue weighted by Gasteiger charge is -2.45. The Morgan fingerprint density at radius 3 is 1.83 bits per heavy atom. The summed E-state index contributed by atoms with van der Waals surface area (Å²) < 4.78 is 49.9. The minimum Gasteiger partial charge on any atom is -0.472 e. The van der Waals surface area contributed by atoms with Gasteiger partial charge in [0.15, 0.2) is 18.3 Å². The Balaban J connectivity index is 1.99. The Bertz CT molecular complexity index is 1130. The normalized spacial score (nSPS) is 31.4. The molecule has 1 aliphatic carbocycles. The Kier molecular flexibility index (Phi) is 11.1. The fraction of sp³-hybridized carbons (Fsp3) is 0.630. The standard InChI is InChI=1S/C27H34O15/c1-12(28)35-10-18-9-20(37-14(3)30)19-7-8-34-26(22(18)19)42-27-25(40-17(6)33)24(39-16(5)32)23(38-15(4)31)21(41-27)11-36-13(2)29/h7-9,19-27H,10-11H2,1-6H3/t19-,20+,21-,22+,23+,24-,25-,26+,27-/m0/s1. The Hall–Kier alpha value is -3.98. The molecule has 1 saturated heterocycles. The minimum atomic E-state index is -1.52. The molecule has 0 spiro atoms. The zero-order chi connectivity index (χ0) is 31.1. The first-order valence-electron chi connectivity index (χ1n) is 13.1. The van der Waals surface area contributed by atoms with Crippen LogP contribution in [0.15, 0.2) is 24.0 Å². The van der Waals surface area contributed by atoms with Crippen molar-refractivity contribution in [3.8, 4) is 0 Å². The van der Waals surface area contributed by atoms with Crippen molar-refractivity contribution in [3.05, 3.63) is 24.0 Å². The number of esters is 6. The SMILES string of the molecule is CC(=O)OCC1=C[C@@H](OC(C)=O)[C@@H]2C=CO[C@H](O[C@@H]3O[C@@H](COC(C)=O)[C@@H](OC(C)=O)[C@H](OC(C)=O)[C@@H]3OC(C)=O)[C@H]12. The molecule has 1 fully saturated rings. The molecular weight excluding hydrogens is 564 g/mol. The highest BCUT2D eigenvalue weighted by molar-refractivity contribution is 5.69. The van der Waals surface area contributed by atoms with Gasteiger partial charge in [-0.1, -0.05) is 0 Å². The Labute approximate surface area is 241 Å². The smallest absolute Gasteiger partial charge is 0.303 e. The second kappa shape index (κ2) is 14.3. The number of hydrogen-bond donors (Lipinski definition) is 0. The first-order valence-corrected chi connectivity index (χ1v) is 13.1. The van der Waals surface area contributed by atoms with Crippen molar-refractivity contribution in [2.24, 2.45) is 11.8 Å². The summed E-state index contributed by atoms with van der Waals surface area (Å²) in [5, 5.41) is 0. The van der Waals surface area contributed by atoms with E-state index in [1.165, 1.54) is 20.1 Å². The van der Waals surface area contributed by atoms with Crippen LogP contribution in [-0.4, -0.2) is 92.1 Å². The molecule has 0 radical (unpaired) electrons. The lowest BCUT2D eigenvalue weighted by atomic mass is 9.88. The van der Waals surface area contributed by atoms with Crippen molar-refractivity contribution in [1.82, 2.24) is 0 Å². The molecular formula is C27H34O15. The van der Waals surface area contributed by atoms with Crippen LogP contribution in [-0.2, 0) is 71.4 Å². The van der Waals surface area contributed by atoms with Gasteiger partial charge in [-0.2, -0.15) is 0 Å². The third-order valence-corrected chi connectivity index (χ3v) is 6.37. The van der Waals surface area contributed by atoms with E-state index in [1.807, 2.05) is 0 Å². The molecule has 232 valence electrons. The molecule has 0 aromatic carbocycles. The minimum absolute atomic E-state index is 0.163. The molecule has 0 saturated carbocycles. The maximum atomic E-state index is 12.1. The quantitative estimate of drug-likeness (QED) is 0.193. The van der Waals surface area contributed by atoms with Crippen LogP contribution in [0.25, 0.3) is 0 Å². The van der Waals surface area contributed by atoms with Gasteiger partial charge >= 0.3 is 35.8 Å². The zero-order valence-electron chi connectivity index (χ0n) is 24.0. The van der Waals surface area contributed by atoms with Gasteiger partial charge in [0.1, 0.15) is 25.4 Å². The van der Waals surface area contributed by atoms with Crippen molar-refractivity contribution in [2.75, 3.05) is 13.2 Å². The summed E-state index contributed by atoms with van der Waals surface area (Å²) in [5.74, 6) is -5.31. The van der Waals surface area contributed by atoms with Gasteiger partial charge in [0, 0.05) is 47.5 Å². The van der Waals surface area contributed by atoms with Gasteiger partial charge in [0.25, 0.3) is 0 Å². The predicted molar refractivity (Wildman–Crippen MR) is 134 cm³/mol. The Morgan fingerprint density at radius 1 is 0.690 bits per heavy atom. The van der Waals surface area contributed by atoms with E-state index in [4.69, 9.17) is 42.6 Å². The van der Waals surface area contributed by atoms with E-state index >= 15 is 0 Å². The van der Waals surface area contributed by atoms with Gasteiger partial charge < -0.3 is 42.6 Å². The van der Waals surface area contributed by atoms with E-state index in [1.54, 1.807) is 12.2 Å². The summed E-state index contributed by atoms with van der Waals surface area (Å²) in [7, 11) is 0. The summed E-state index contributed by atoms with van der Waals surface area (Å²) in [6.45, 7) is 6.34. The molecule has 2 aliphatic heterocycles. The van der Waals surface area contributed by atoms with E-state index in [0.717, 1.165) is 27.7 Å². The maximum Gasteiger partial charge on any atom is 0.303 e. The first-order chi connectivity index (χ1) is 19.8. The van der Waals surface area contributed by atoms with Crippen molar-refractivity contribution in [2.45, 2.75) is 84.6 Å². The van der Waals surface area contributed by atoms with Gasteiger partial charge in [-0.25, -0.2) is 0 Å². The predicted octanol–water partition coefficient (Wildman–Crippen LogP) is 0.623. The maximum absolute atomic E-state index is 12.1. The van der Waals surface area contributed by atoms with Crippen molar-refractivity contribution in [1.29, 1.82) is 0 Å². The van der Waals surface area contributed by atoms with Crippen molar-refractivity contribution >= 4 is 35.8 Å². The molecule has 0 N–H and O–H groups in total. The second-order valence-electron chi connectivity index (χ2n) is 9.74. The van der Waals surface area contributed by atoms with Crippen LogP contribution in [0.4, 0.5) is 0 Å². The van der Waals surface area contributed by atoms with Gasteiger partial charge in [-0.3, -0.25) is 28.8 Å². The number of rotatable bonds is 10. The fourth-order valence-corrected chi connectivity index (χ4v) is 4.95. The van der Waals surface area contributed by atoms with E-state index in [0.29, 0.717) is 5.57 Å². The topological polar surface area (TPSA) is 185 Å². The summed E-state index contributed by atoms with van der Waals surface area (Å²) in [5.41, 5.74) is 0.515. The highest BCUT2D eigenvalue weighted by atomic mass is 16.8. The third-order valence-electron chi connectivity index (χ3n) is 6.37. The summed E-state index contributed by atoms with van der Waals surface area (Å²) >= 11 is 0. The zero-order valence-corrected chi connectivity index (χ0v) is 24.0. The molecule has 0 amide bonds. The molecule has 15 nitrogen and oxygen atoms in total. The summed E-state index contributed by atoms with van der Waals surface area (Å²) in [6, 6.07) is 0. The van der Waals surface area contributed by atoms with Gasteiger partial charge in [-0.05, 0) is 17.7 Å². The van der Waals surface area contributed by atoms with E-state index < -0.39 is 97.4 Å². The largest absolute Gasteiger partial charge is 0.472 e. The fourth-order valence-electron chi connectivity index (χ4n) is 4.95. The van der Waals surface area contributed by atoms with Crippen molar-refractivity contribution in [3.63, 3.8) is 0 Å². The van der Waals surface area contributed by atoms with Gasteiger partial charge in [-0.15, -0.1) is 0 Å². The van der Waals surface area contributed by atoms with Crippen LogP contribution in [0.3, 0.4) is 0 Å². The van der Waals surface area contributed by atoms with E-state index in [9.17, 15) is 28.8 Å². The van der Waals surface area contributed by atoms with E-state index in [2.05, 4.69) is 0 Å². The molecule has 0 bridgehead atoms. The number of ether oxygens (including phenoxy) is 9. The average molecular weight is 599 g/mol. The average Bonchev–Trinajstić information content (AvgIpc) is 3.22. The second-order valence-corrected chi connectivity index (χ2v) is 9.74. The Morgan fingerprint density at radius 2 is 1.26 bits per heavy atom. The van der Waals surface area contributed by atoms with Crippen LogP contribution in [0.1, 0.15) is 41.5 Å². The molecule has 15 heteroatoms. The van der Waals surface area contributed by atoms with Gasteiger partial charge in [0.2, 0.25) is 12.6 Å². The lowest BCUT2D eigenvalue weighted by Crippen LogP contribution is -2.63. The number of fused-ring (bicyclic) bond motifs is 1. The number of carbonyl (C=O) groups is 6. The third kappa shape index (κ3) is 8.52. The van der Waals surface area contributed by atoms with Crippen molar-refractivity contribution < 1.29 is 71.4 Å². The number of carbonyl (C=O) groups excluding carboxylic acids is 6. The highest BCUT2D eigenvalue weighted by Crippen LogP contribution is 2.43.